The van der Waals surface area contributed by atoms with Gasteiger partial charge < -0.3 is 4.90 Å². The molecule has 0 bridgehead atoms. The lowest BCUT2D eigenvalue weighted by Crippen LogP contribution is -2.62. The summed E-state index contributed by atoms with van der Waals surface area (Å²) < 4.78 is 0. The second kappa shape index (κ2) is 6.36. The minimum atomic E-state index is 0.309. The van der Waals surface area contributed by atoms with E-state index in [1.807, 2.05) is 0 Å². The highest BCUT2D eigenvalue weighted by Gasteiger charge is 2.45. The van der Waals surface area contributed by atoms with Crippen molar-refractivity contribution in [3.05, 3.63) is 0 Å². The predicted octanol–water partition coefficient (Wildman–Crippen LogP) is 2.66. The monoisotopic (exact) mass is 253 g/mol. The Morgan fingerprint density at radius 2 is 1.56 bits per heavy atom. The number of nitrogens with zero attached hydrogens (tertiary/aromatic N) is 1. The fourth-order valence-corrected chi connectivity index (χ4v) is 4.40. The quantitative estimate of drug-likeness (QED) is 0.460. The minimum absolute atomic E-state index is 0.309. The van der Waals surface area contributed by atoms with Crippen LogP contribution in [-0.2, 0) is 0 Å². The Morgan fingerprint density at radius 3 is 2.00 bits per heavy atom. The summed E-state index contributed by atoms with van der Waals surface area (Å²) in [6.07, 6.45) is 13.7. The zero-order valence-corrected chi connectivity index (χ0v) is 12.3. The molecule has 3 heteroatoms. The van der Waals surface area contributed by atoms with Gasteiger partial charge in [0.25, 0.3) is 0 Å². The molecule has 0 aromatic heterocycles. The van der Waals surface area contributed by atoms with Crippen molar-refractivity contribution in [3.63, 3.8) is 0 Å². The van der Waals surface area contributed by atoms with Gasteiger partial charge in [-0.05, 0) is 45.7 Å². The van der Waals surface area contributed by atoms with Crippen molar-refractivity contribution < 1.29 is 0 Å². The van der Waals surface area contributed by atoms with Crippen LogP contribution >= 0.6 is 0 Å². The van der Waals surface area contributed by atoms with Gasteiger partial charge in [-0.15, -0.1) is 0 Å². The van der Waals surface area contributed by atoms with Crippen LogP contribution in [0.15, 0.2) is 0 Å². The van der Waals surface area contributed by atoms with Gasteiger partial charge in [0.2, 0.25) is 0 Å². The molecule has 0 spiro atoms. The third-order valence-electron chi connectivity index (χ3n) is 5.49. The van der Waals surface area contributed by atoms with E-state index in [4.69, 9.17) is 5.84 Å². The van der Waals surface area contributed by atoms with Crippen LogP contribution < -0.4 is 11.3 Å². The van der Waals surface area contributed by atoms with Gasteiger partial charge in [-0.25, -0.2) is 0 Å². The van der Waals surface area contributed by atoms with Gasteiger partial charge in [0.05, 0.1) is 0 Å². The van der Waals surface area contributed by atoms with Crippen LogP contribution in [0.1, 0.15) is 64.2 Å². The molecule has 106 valence electrons. The molecule has 1 atom stereocenters. The van der Waals surface area contributed by atoms with Crippen LogP contribution in [0, 0.1) is 5.92 Å². The third kappa shape index (κ3) is 2.73. The van der Waals surface area contributed by atoms with Gasteiger partial charge in [0.1, 0.15) is 0 Å². The molecular weight excluding hydrogens is 222 g/mol. The van der Waals surface area contributed by atoms with E-state index in [1.165, 1.54) is 64.2 Å². The topological polar surface area (TPSA) is 41.3 Å². The maximum Gasteiger partial charge on any atom is 0.0422 e. The Bertz CT molecular complexity index is 238. The highest BCUT2D eigenvalue weighted by molar-refractivity contribution is 5.04. The summed E-state index contributed by atoms with van der Waals surface area (Å²) >= 11 is 0. The zero-order chi connectivity index (χ0) is 13.0. The van der Waals surface area contributed by atoms with Crippen molar-refractivity contribution in [2.24, 2.45) is 11.8 Å². The molecular formula is C15H31N3. The number of rotatable bonds is 4. The highest BCUT2D eigenvalue weighted by Crippen LogP contribution is 2.41. The smallest absolute Gasteiger partial charge is 0.0422 e. The first-order valence-corrected chi connectivity index (χ1v) is 7.84. The van der Waals surface area contributed by atoms with Crippen LogP contribution in [-0.4, -0.2) is 30.6 Å². The molecule has 3 N–H and O–H groups in total. The molecule has 0 radical (unpaired) electrons. The molecule has 1 unspecified atom stereocenters. The number of likely N-dealkylation sites (N-methyl/N-ethyl adjacent to an activating group) is 1. The SMILES string of the molecule is CN(C)C1(C(NN)C2CCCCCC2)CCCC1. The Morgan fingerprint density at radius 1 is 1.00 bits per heavy atom. The van der Waals surface area contributed by atoms with Gasteiger partial charge in [0.15, 0.2) is 0 Å². The summed E-state index contributed by atoms with van der Waals surface area (Å²) in [4.78, 5) is 2.45. The second-order valence-corrected chi connectivity index (χ2v) is 6.60. The second-order valence-electron chi connectivity index (χ2n) is 6.60. The number of nitrogens with two attached hydrogens (primary N) is 1. The summed E-state index contributed by atoms with van der Waals surface area (Å²) in [5, 5.41) is 0. The van der Waals surface area contributed by atoms with Crippen molar-refractivity contribution >= 4 is 0 Å². The van der Waals surface area contributed by atoms with Crippen LogP contribution in [0.25, 0.3) is 0 Å². The molecule has 0 amide bonds. The maximum atomic E-state index is 5.98. The number of hydrogen-bond donors (Lipinski definition) is 2. The number of hydrazine groups is 1. The third-order valence-corrected chi connectivity index (χ3v) is 5.49. The fourth-order valence-electron chi connectivity index (χ4n) is 4.40. The first-order chi connectivity index (χ1) is 8.70. The van der Waals surface area contributed by atoms with Gasteiger partial charge in [-0.2, -0.15) is 0 Å². The van der Waals surface area contributed by atoms with E-state index >= 15 is 0 Å². The van der Waals surface area contributed by atoms with Crippen LogP contribution in [0.4, 0.5) is 0 Å². The van der Waals surface area contributed by atoms with E-state index in [9.17, 15) is 0 Å². The average molecular weight is 253 g/mol. The minimum Gasteiger partial charge on any atom is -0.302 e. The Labute approximate surface area is 112 Å². The zero-order valence-electron chi connectivity index (χ0n) is 12.3. The molecule has 0 aliphatic heterocycles. The van der Waals surface area contributed by atoms with Crippen LogP contribution in [0.5, 0.6) is 0 Å². The summed E-state index contributed by atoms with van der Waals surface area (Å²) in [7, 11) is 4.48. The van der Waals surface area contributed by atoms with Crippen molar-refractivity contribution in [2.45, 2.75) is 75.8 Å². The van der Waals surface area contributed by atoms with E-state index in [0.29, 0.717) is 11.6 Å². The van der Waals surface area contributed by atoms with Crippen LogP contribution in [0.3, 0.4) is 0 Å². The molecule has 18 heavy (non-hydrogen) atoms. The van der Waals surface area contributed by atoms with Gasteiger partial charge >= 0.3 is 0 Å². The van der Waals surface area contributed by atoms with Crippen molar-refractivity contribution in [3.8, 4) is 0 Å². The highest BCUT2D eigenvalue weighted by atomic mass is 15.3. The molecule has 2 saturated carbocycles. The first kappa shape index (κ1) is 14.3. The van der Waals surface area contributed by atoms with Crippen molar-refractivity contribution in [1.29, 1.82) is 0 Å². The Balaban J connectivity index is 2.14. The molecule has 2 aliphatic rings. The van der Waals surface area contributed by atoms with Gasteiger partial charge in [0, 0.05) is 11.6 Å². The fraction of sp³-hybridized carbons (Fsp3) is 1.00. The molecule has 2 aliphatic carbocycles. The Kier molecular flexibility index (Phi) is 5.05. The normalized spacial score (nSPS) is 27.3. The van der Waals surface area contributed by atoms with E-state index in [1.54, 1.807) is 0 Å². The summed E-state index contributed by atoms with van der Waals surface area (Å²) in [6, 6.07) is 0.480. The number of nitrogens with one attached hydrogen (secondary N) is 1. The van der Waals surface area contributed by atoms with Gasteiger partial charge in [-0.3, -0.25) is 11.3 Å². The molecule has 0 heterocycles. The molecule has 0 saturated heterocycles. The molecule has 2 rings (SSSR count). The van der Waals surface area contributed by atoms with Crippen molar-refractivity contribution in [2.75, 3.05) is 14.1 Å². The lowest BCUT2D eigenvalue weighted by molar-refractivity contribution is 0.0682. The predicted molar refractivity (Wildman–Crippen MR) is 77.2 cm³/mol. The lowest BCUT2D eigenvalue weighted by Gasteiger charge is -2.46. The lowest BCUT2D eigenvalue weighted by atomic mass is 9.76. The average Bonchev–Trinajstić information content (AvgIpc) is 2.69. The summed E-state index contributed by atoms with van der Waals surface area (Å²) in [6.45, 7) is 0. The molecule has 3 nitrogen and oxygen atoms in total. The Hall–Kier alpha value is -0.120. The molecule has 0 aromatic rings. The van der Waals surface area contributed by atoms with Crippen LogP contribution in [0.2, 0.25) is 0 Å². The van der Waals surface area contributed by atoms with Gasteiger partial charge in [-0.1, -0.05) is 38.5 Å². The largest absolute Gasteiger partial charge is 0.302 e. The standard InChI is InChI=1S/C15H31N3/c1-18(2)15(11-7-8-12-15)14(17-16)13-9-5-3-4-6-10-13/h13-14,17H,3-12,16H2,1-2H3. The van der Waals surface area contributed by atoms with E-state index in [2.05, 4.69) is 24.4 Å². The summed E-state index contributed by atoms with van der Waals surface area (Å²) in [5.74, 6) is 6.76. The van der Waals surface area contributed by atoms with Crippen molar-refractivity contribution in [1.82, 2.24) is 10.3 Å². The van der Waals surface area contributed by atoms with E-state index in [-0.39, 0.29) is 0 Å². The van der Waals surface area contributed by atoms with E-state index < -0.39 is 0 Å². The van der Waals surface area contributed by atoms with E-state index in [0.717, 1.165) is 5.92 Å². The maximum absolute atomic E-state index is 5.98. The molecule has 0 aromatic carbocycles. The first-order valence-electron chi connectivity index (χ1n) is 7.84. The molecule has 2 fully saturated rings. The number of hydrogen-bond acceptors (Lipinski definition) is 3. The summed E-state index contributed by atoms with van der Waals surface area (Å²) in [5.41, 5.74) is 3.53.